The lowest BCUT2D eigenvalue weighted by Gasteiger charge is -2.36. The summed E-state index contributed by atoms with van der Waals surface area (Å²) in [5.41, 5.74) is 8.15. The summed E-state index contributed by atoms with van der Waals surface area (Å²) < 4.78 is 0. The number of nitrogens with zero attached hydrogens (tertiary/aromatic N) is 2. The van der Waals surface area contributed by atoms with Gasteiger partial charge in [-0.2, -0.15) is 0 Å². The Morgan fingerprint density at radius 3 is 2.42 bits per heavy atom. The summed E-state index contributed by atoms with van der Waals surface area (Å²) >= 11 is 6.41. The topological polar surface area (TPSA) is 32.5 Å². The lowest BCUT2D eigenvalue weighted by molar-refractivity contribution is 0.248. The van der Waals surface area contributed by atoms with Crippen LogP contribution in [0.3, 0.4) is 0 Å². The molecule has 3 nitrogen and oxygen atoms in total. The highest BCUT2D eigenvalue weighted by molar-refractivity contribution is 6.33. The molecule has 0 aromatic heterocycles. The van der Waals surface area contributed by atoms with E-state index in [0.717, 1.165) is 48.5 Å². The van der Waals surface area contributed by atoms with Crippen molar-refractivity contribution >= 4 is 17.3 Å². The Bertz CT molecular complexity index is 449. The van der Waals surface area contributed by atoms with Crippen LogP contribution in [-0.4, -0.2) is 37.1 Å². The fourth-order valence-corrected chi connectivity index (χ4v) is 3.14. The van der Waals surface area contributed by atoms with Gasteiger partial charge in [0.15, 0.2) is 0 Å². The van der Waals surface area contributed by atoms with Crippen molar-refractivity contribution in [1.29, 1.82) is 0 Å². The molecule has 1 saturated carbocycles. The fraction of sp³-hybridized carbons (Fsp3) is 0.600. The van der Waals surface area contributed by atoms with Gasteiger partial charge < -0.3 is 10.6 Å². The predicted octanol–water partition coefficient (Wildman–Crippen LogP) is 2.64. The van der Waals surface area contributed by atoms with E-state index >= 15 is 0 Å². The third kappa shape index (κ3) is 2.88. The molecule has 3 rings (SSSR count). The molecule has 0 radical (unpaired) electrons. The van der Waals surface area contributed by atoms with Crippen molar-refractivity contribution in [1.82, 2.24) is 4.90 Å². The molecule has 1 atom stereocenters. The van der Waals surface area contributed by atoms with Gasteiger partial charge >= 0.3 is 0 Å². The zero-order chi connectivity index (χ0) is 13.4. The molecule has 0 bridgehead atoms. The Morgan fingerprint density at radius 2 is 1.89 bits per heavy atom. The molecule has 104 valence electrons. The van der Waals surface area contributed by atoms with E-state index in [2.05, 4.69) is 21.9 Å². The number of nitrogens with two attached hydrogens (primary N) is 1. The molecule has 1 aliphatic heterocycles. The third-order valence-corrected chi connectivity index (χ3v) is 4.52. The van der Waals surface area contributed by atoms with E-state index in [1.165, 1.54) is 12.8 Å². The lowest BCUT2D eigenvalue weighted by atomic mass is 10.1. The number of rotatable bonds is 3. The summed E-state index contributed by atoms with van der Waals surface area (Å²) in [6.45, 7) is 6.47. The average Bonchev–Trinajstić information content (AvgIpc) is 3.23. The summed E-state index contributed by atoms with van der Waals surface area (Å²) in [5, 5.41) is 0.828. The lowest BCUT2D eigenvalue weighted by Crippen LogP contribution is -2.47. The number of benzene rings is 1. The molecule has 2 fully saturated rings. The first kappa shape index (κ1) is 13.2. The Morgan fingerprint density at radius 1 is 1.21 bits per heavy atom. The Hall–Kier alpha value is -0.770. The molecule has 1 aromatic rings. The van der Waals surface area contributed by atoms with E-state index in [0.29, 0.717) is 0 Å². The number of hydrogen-bond acceptors (Lipinski definition) is 3. The van der Waals surface area contributed by atoms with Gasteiger partial charge in [0.1, 0.15) is 0 Å². The fourth-order valence-electron chi connectivity index (χ4n) is 2.83. The highest BCUT2D eigenvalue weighted by atomic mass is 35.5. The molecule has 2 N–H and O–H groups in total. The molecule has 4 heteroatoms. The summed E-state index contributed by atoms with van der Waals surface area (Å²) in [6.07, 6.45) is 2.79. The molecule has 0 unspecified atom stereocenters. The largest absolute Gasteiger partial charge is 0.368 e. The Balaban J connectivity index is 1.69. The first-order valence-electron chi connectivity index (χ1n) is 7.19. The van der Waals surface area contributed by atoms with Crippen molar-refractivity contribution < 1.29 is 0 Å². The van der Waals surface area contributed by atoms with E-state index in [4.69, 9.17) is 17.3 Å². The van der Waals surface area contributed by atoms with Crippen LogP contribution in [0.25, 0.3) is 0 Å². The van der Waals surface area contributed by atoms with Gasteiger partial charge in [-0.25, -0.2) is 0 Å². The molecule has 0 spiro atoms. The van der Waals surface area contributed by atoms with Gasteiger partial charge in [-0.3, -0.25) is 4.90 Å². The van der Waals surface area contributed by atoms with Crippen molar-refractivity contribution in [3.63, 3.8) is 0 Å². The highest BCUT2D eigenvalue weighted by Gasteiger charge is 2.31. The van der Waals surface area contributed by atoms with Crippen LogP contribution in [0.4, 0.5) is 5.69 Å². The first-order valence-corrected chi connectivity index (χ1v) is 7.57. The van der Waals surface area contributed by atoms with Gasteiger partial charge in [0.25, 0.3) is 0 Å². The van der Waals surface area contributed by atoms with Crippen LogP contribution >= 0.6 is 11.6 Å². The summed E-state index contributed by atoms with van der Waals surface area (Å²) in [6, 6.07) is 7.14. The molecule has 1 aliphatic carbocycles. The van der Waals surface area contributed by atoms with Gasteiger partial charge in [-0.15, -0.1) is 0 Å². The monoisotopic (exact) mass is 279 g/mol. The van der Waals surface area contributed by atoms with Crippen LogP contribution in [0, 0.1) is 0 Å². The Kier molecular flexibility index (Phi) is 3.70. The SMILES string of the molecule is C[C@@H](N)c1ccc(N2CCN(C3CC3)CC2)c(Cl)c1. The van der Waals surface area contributed by atoms with Gasteiger partial charge in [0, 0.05) is 38.3 Å². The zero-order valence-corrected chi connectivity index (χ0v) is 12.2. The first-order chi connectivity index (χ1) is 9.15. The minimum Gasteiger partial charge on any atom is -0.368 e. The molecule has 0 amide bonds. The van der Waals surface area contributed by atoms with Crippen LogP contribution in [-0.2, 0) is 0 Å². The smallest absolute Gasteiger partial charge is 0.0642 e. The predicted molar refractivity (Wildman–Crippen MR) is 80.9 cm³/mol. The number of halogens is 1. The van der Waals surface area contributed by atoms with Gasteiger partial charge in [-0.1, -0.05) is 17.7 Å². The second-order valence-electron chi connectivity index (χ2n) is 5.75. The van der Waals surface area contributed by atoms with Crippen molar-refractivity contribution in [2.24, 2.45) is 5.73 Å². The zero-order valence-electron chi connectivity index (χ0n) is 11.5. The maximum absolute atomic E-state index is 6.41. The van der Waals surface area contributed by atoms with E-state index in [-0.39, 0.29) is 6.04 Å². The second kappa shape index (κ2) is 5.31. The van der Waals surface area contributed by atoms with Crippen LogP contribution < -0.4 is 10.6 Å². The van der Waals surface area contributed by atoms with Crippen LogP contribution in [0.5, 0.6) is 0 Å². The molecule has 2 aliphatic rings. The molecule has 1 aromatic carbocycles. The van der Waals surface area contributed by atoms with Crippen molar-refractivity contribution in [2.75, 3.05) is 31.1 Å². The van der Waals surface area contributed by atoms with E-state index in [1.807, 2.05) is 13.0 Å². The molecular weight excluding hydrogens is 258 g/mol. The molecule has 19 heavy (non-hydrogen) atoms. The molecule has 1 saturated heterocycles. The van der Waals surface area contributed by atoms with Gasteiger partial charge in [0.2, 0.25) is 0 Å². The second-order valence-corrected chi connectivity index (χ2v) is 6.16. The standard InChI is InChI=1S/C15H22ClN3/c1-11(17)12-2-5-15(14(16)10-12)19-8-6-18(7-9-19)13-3-4-13/h2,5,10-11,13H,3-4,6-9,17H2,1H3/t11-/m1/s1. The number of hydrogen-bond donors (Lipinski definition) is 1. The maximum Gasteiger partial charge on any atom is 0.0642 e. The van der Waals surface area contributed by atoms with Crippen LogP contribution in [0.1, 0.15) is 31.4 Å². The third-order valence-electron chi connectivity index (χ3n) is 4.22. The van der Waals surface area contributed by atoms with E-state index < -0.39 is 0 Å². The van der Waals surface area contributed by atoms with Crippen LogP contribution in [0.15, 0.2) is 18.2 Å². The van der Waals surface area contributed by atoms with E-state index in [9.17, 15) is 0 Å². The number of piperazine rings is 1. The van der Waals surface area contributed by atoms with Crippen LogP contribution in [0.2, 0.25) is 5.02 Å². The number of anilines is 1. The average molecular weight is 280 g/mol. The summed E-state index contributed by atoms with van der Waals surface area (Å²) in [4.78, 5) is 5.01. The van der Waals surface area contributed by atoms with Crippen molar-refractivity contribution in [2.45, 2.75) is 31.8 Å². The molecular formula is C15H22ClN3. The molecule has 1 heterocycles. The minimum absolute atomic E-state index is 0.0401. The van der Waals surface area contributed by atoms with E-state index in [1.54, 1.807) is 0 Å². The van der Waals surface area contributed by atoms with Gasteiger partial charge in [0.05, 0.1) is 10.7 Å². The maximum atomic E-state index is 6.41. The van der Waals surface area contributed by atoms with Crippen molar-refractivity contribution in [3.8, 4) is 0 Å². The van der Waals surface area contributed by atoms with Gasteiger partial charge in [-0.05, 0) is 37.5 Å². The summed E-state index contributed by atoms with van der Waals surface area (Å²) in [5.74, 6) is 0. The Labute approximate surface area is 120 Å². The van der Waals surface area contributed by atoms with Crippen molar-refractivity contribution in [3.05, 3.63) is 28.8 Å². The minimum atomic E-state index is 0.0401. The quantitative estimate of drug-likeness (QED) is 0.923. The highest BCUT2D eigenvalue weighted by Crippen LogP contribution is 2.32. The summed E-state index contributed by atoms with van der Waals surface area (Å²) in [7, 11) is 0. The normalized spacial score (nSPS) is 22.6.